The number of nitrogens with one attached hydrogen (secondary N) is 2. The second-order valence-corrected chi connectivity index (χ2v) is 13.0. The highest BCUT2D eigenvalue weighted by Crippen LogP contribution is 2.30. The van der Waals surface area contributed by atoms with E-state index in [1.54, 1.807) is 9.80 Å². The first-order valence-electron chi connectivity index (χ1n) is 16.7. The fourth-order valence-corrected chi connectivity index (χ4v) is 7.16. The summed E-state index contributed by atoms with van der Waals surface area (Å²) in [5.74, 6) is -1.06. The molecule has 0 saturated carbocycles. The molecule has 6 rings (SSSR count). The lowest BCUT2D eigenvalue weighted by Gasteiger charge is -2.43. The van der Waals surface area contributed by atoms with Gasteiger partial charge in [-0.3, -0.25) is 24.7 Å². The minimum atomic E-state index is -0.711. The minimum Gasteiger partial charge on any atom is -0.448 e. The van der Waals surface area contributed by atoms with Crippen LogP contribution in [0, 0.1) is 18.6 Å². The van der Waals surface area contributed by atoms with Crippen molar-refractivity contribution in [1.82, 2.24) is 30.0 Å². The van der Waals surface area contributed by atoms with Gasteiger partial charge in [0, 0.05) is 76.4 Å². The molecule has 4 aliphatic rings. The maximum absolute atomic E-state index is 15.1. The first kappa shape index (κ1) is 33.0. The Labute approximate surface area is 273 Å². The molecule has 2 aromatic rings. The lowest BCUT2D eigenvalue weighted by Crippen LogP contribution is -2.53. The summed E-state index contributed by atoms with van der Waals surface area (Å²) in [5.41, 5.74) is 1.26. The van der Waals surface area contributed by atoms with Gasteiger partial charge in [-0.2, -0.15) is 0 Å². The summed E-state index contributed by atoms with van der Waals surface area (Å²) in [4.78, 5) is 52.9. The number of nitrogens with zero attached hydrogens (tertiary/aromatic N) is 6. The van der Waals surface area contributed by atoms with Crippen molar-refractivity contribution in [3.63, 3.8) is 0 Å². The van der Waals surface area contributed by atoms with Crippen LogP contribution >= 0.6 is 0 Å². The summed E-state index contributed by atoms with van der Waals surface area (Å²) in [6, 6.07) is 2.13. The van der Waals surface area contributed by atoms with Gasteiger partial charge in [-0.15, -0.1) is 0 Å². The molecule has 0 spiro atoms. The van der Waals surface area contributed by atoms with Crippen molar-refractivity contribution in [1.29, 1.82) is 0 Å². The molecule has 4 saturated heterocycles. The van der Waals surface area contributed by atoms with E-state index in [0.717, 1.165) is 50.2 Å². The molecule has 1 aromatic heterocycles. The topological polar surface area (TPSA) is 123 Å². The fourth-order valence-electron chi connectivity index (χ4n) is 7.16. The van der Waals surface area contributed by atoms with Crippen LogP contribution in [0.2, 0.25) is 0 Å². The predicted octanol–water partition coefficient (Wildman–Crippen LogP) is 2.88. The number of aryl methyl sites for hydroxylation is 1. The van der Waals surface area contributed by atoms with Crippen LogP contribution in [0.1, 0.15) is 55.8 Å². The lowest BCUT2D eigenvalue weighted by atomic mass is 9.91. The molecule has 0 radical (unpaired) electrons. The van der Waals surface area contributed by atoms with Crippen molar-refractivity contribution in [2.45, 2.75) is 63.5 Å². The molecule has 47 heavy (non-hydrogen) atoms. The maximum atomic E-state index is 15.1. The van der Waals surface area contributed by atoms with E-state index < -0.39 is 23.6 Å². The van der Waals surface area contributed by atoms with Crippen LogP contribution in [-0.2, 0) is 14.3 Å². The Kier molecular flexibility index (Phi) is 10.5. The smallest absolute Gasteiger partial charge is 0.409 e. The summed E-state index contributed by atoms with van der Waals surface area (Å²) >= 11 is 0. The van der Waals surface area contributed by atoms with Crippen molar-refractivity contribution >= 4 is 29.3 Å². The SMILES string of the molecule is Cc1ncc(C2CCN(C(=O)OCCN3CCC(N4CCN(c5c(F)cc(NC6CCC(=O)NC6=O)cc5F)CC4)CC3)CC2)cn1. The van der Waals surface area contributed by atoms with E-state index in [-0.39, 0.29) is 36.2 Å². The Morgan fingerprint density at radius 3 is 2.23 bits per heavy atom. The number of anilines is 2. The summed E-state index contributed by atoms with van der Waals surface area (Å²) < 4.78 is 35.9. The van der Waals surface area contributed by atoms with Gasteiger partial charge in [-0.25, -0.2) is 23.5 Å². The van der Waals surface area contributed by atoms with E-state index in [0.29, 0.717) is 64.4 Å². The molecule has 14 heteroatoms. The summed E-state index contributed by atoms with van der Waals surface area (Å²) in [6.45, 7) is 8.57. The zero-order valence-electron chi connectivity index (χ0n) is 26.9. The summed E-state index contributed by atoms with van der Waals surface area (Å²) in [7, 11) is 0. The van der Waals surface area contributed by atoms with Gasteiger partial charge in [0.2, 0.25) is 11.8 Å². The molecule has 3 amide bonds. The molecular weight excluding hydrogens is 610 g/mol. The summed E-state index contributed by atoms with van der Waals surface area (Å²) in [5, 5.41) is 5.09. The highest BCUT2D eigenvalue weighted by Gasteiger charge is 2.31. The average Bonchev–Trinajstić information content (AvgIpc) is 3.07. The van der Waals surface area contributed by atoms with Crippen molar-refractivity contribution in [3.05, 3.63) is 47.5 Å². The molecule has 4 aliphatic heterocycles. The van der Waals surface area contributed by atoms with Crippen LogP contribution < -0.4 is 15.5 Å². The maximum Gasteiger partial charge on any atom is 0.409 e. The lowest BCUT2D eigenvalue weighted by molar-refractivity contribution is -0.133. The predicted molar refractivity (Wildman–Crippen MR) is 171 cm³/mol. The van der Waals surface area contributed by atoms with Crippen molar-refractivity contribution in [3.8, 4) is 0 Å². The Hall–Kier alpha value is -3.91. The summed E-state index contributed by atoms with van der Waals surface area (Å²) in [6.07, 6.45) is 7.73. The van der Waals surface area contributed by atoms with Crippen molar-refractivity contribution in [2.75, 3.05) is 75.7 Å². The Morgan fingerprint density at radius 2 is 1.60 bits per heavy atom. The molecule has 1 aromatic carbocycles. The van der Waals surface area contributed by atoms with Gasteiger partial charge in [-0.05, 0) is 75.7 Å². The Balaban J connectivity index is 0.884. The fraction of sp³-hybridized carbons (Fsp3) is 0.606. The number of halogens is 2. The molecule has 12 nitrogen and oxygen atoms in total. The van der Waals surface area contributed by atoms with E-state index >= 15 is 8.78 Å². The quantitative estimate of drug-likeness (QED) is 0.411. The molecule has 1 atom stereocenters. The molecular formula is C33H44F2N8O4. The standard InChI is InChI=1S/C33H44F2N8O4/c1-22-36-20-24(21-37-22)23-4-10-43(11-5-23)33(46)47-17-16-40-8-6-26(7-9-40)41-12-14-42(15-13-41)31-27(34)18-25(19-28(31)35)38-29-2-3-30(44)39-32(29)45/h18-21,23,26,29,38H,2-17H2,1H3,(H,39,44,45). The molecule has 5 heterocycles. The van der Waals surface area contributed by atoms with E-state index in [9.17, 15) is 14.4 Å². The van der Waals surface area contributed by atoms with Crippen LogP contribution in [0.25, 0.3) is 0 Å². The molecule has 4 fully saturated rings. The number of piperidine rings is 3. The normalized spacial score (nSPS) is 22.3. The molecule has 2 N–H and O–H groups in total. The minimum absolute atomic E-state index is 0.0481. The largest absolute Gasteiger partial charge is 0.448 e. The van der Waals surface area contributed by atoms with Crippen LogP contribution in [0.4, 0.5) is 25.0 Å². The van der Waals surface area contributed by atoms with Gasteiger partial charge in [0.25, 0.3) is 0 Å². The average molecular weight is 655 g/mol. The number of benzene rings is 1. The van der Waals surface area contributed by atoms with Gasteiger partial charge in [0.1, 0.15) is 24.2 Å². The van der Waals surface area contributed by atoms with E-state index in [1.165, 1.54) is 12.1 Å². The zero-order valence-corrected chi connectivity index (χ0v) is 26.9. The van der Waals surface area contributed by atoms with Crippen LogP contribution in [0.3, 0.4) is 0 Å². The highest BCUT2D eigenvalue weighted by atomic mass is 19.1. The number of hydrogen-bond donors (Lipinski definition) is 2. The first-order chi connectivity index (χ1) is 22.7. The number of amides is 3. The van der Waals surface area contributed by atoms with Gasteiger partial charge >= 0.3 is 6.09 Å². The third-order valence-corrected chi connectivity index (χ3v) is 9.96. The van der Waals surface area contributed by atoms with E-state index in [1.807, 2.05) is 19.3 Å². The molecule has 254 valence electrons. The van der Waals surface area contributed by atoms with Crippen molar-refractivity contribution in [2.24, 2.45) is 0 Å². The van der Waals surface area contributed by atoms with Crippen LogP contribution in [0.15, 0.2) is 24.5 Å². The number of imide groups is 1. The Morgan fingerprint density at radius 1 is 0.936 bits per heavy atom. The first-order valence-corrected chi connectivity index (χ1v) is 16.7. The highest BCUT2D eigenvalue weighted by molar-refractivity contribution is 6.01. The molecule has 0 bridgehead atoms. The van der Waals surface area contributed by atoms with Gasteiger partial charge in [-0.1, -0.05) is 0 Å². The zero-order chi connectivity index (χ0) is 32.9. The number of piperazine rings is 1. The second kappa shape index (κ2) is 14.9. The van der Waals surface area contributed by atoms with Gasteiger partial charge in [0.15, 0.2) is 11.6 Å². The third kappa shape index (κ3) is 8.15. The third-order valence-electron chi connectivity index (χ3n) is 9.96. The van der Waals surface area contributed by atoms with Gasteiger partial charge < -0.3 is 19.9 Å². The van der Waals surface area contributed by atoms with E-state index in [2.05, 4.69) is 30.4 Å². The number of ether oxygens (including phenoxy) is 1. The van der Waals surface area contributed by atoms with E-state index in [4.69, 9.17) is 4.74 Å². The number of likely N-dealkylation sites (tertiary alicyclic amines) is 2. The number of rotatable bonds is 8. The number of hydrogen-bond acceptors (Lipinski definition) is 10. The number of carbonyl (C=O) groups excluding carboxylic acids is 3. The van der Waals surface area contributed by atoms with Gasteiger partial charge in [0.05, 0.1) is 0 Å². The number of aromatic nitrogens is 2. The Bertz CT molecular complexity index is 1400. The monoisotopic (exact) mass is 654 g/mol. The molecule has 1 unspecified atom stereocenters. The van der Waals surface area contributed by atoms with Crippen molar-refractivity contribution < 1.29 is 27.9 Å². The van der Waals surface area contributed by atoms with Crippen LogP contribution in [-0.4, -0.2) is 120 Å². The molecule has 0 aliphatic carbocycles. The number of carbonyl (C=O) groups is 3. The van der Waals surface area contributed by atoms with Crippen LogP contribution in [0.5, 0.6) is 0 Å². The second-order valence-electron chi connectivity index (χ2n) is 13.0.